The third-order valence-corrected chi connectivity index (χ3v) is 3.56. The summed E-state index contributed by atoms with van der Waals surface area (Å²) < 4.78 is 10.4. The molecule has 6 nitrogen and oxygen atoms in total. The summed E-state index contributed by atoms with van der Waals surface area (Å²) in [6.45, 7) is 2.58. The predicted octanol–water partition coefficient (Wildman–Crippen LogP) is 3.10. The number of amides is 2. The molecule has 2 aromatic rings. The first kappa shape index (κ1) is 18.3. The lowest BCUT2D eigenvalue weighted by Gasteiger charge is -2.11. The molecule has 0 saturated carbocycles. The van der Waals surface area contributed by atoms with E-state index < -0.39 is 0 Å². The van der Waals surface area contributed by atoms with Crippen molar-refractivity contribution >= 4 is 17.5 Å². The molecular weight excluding hydrogens is 320 g/mol. The van der Waals surface area contributed by atoms with Gasteiger partial charge in [-0.1, -0.05) is 13.0 Å². The van der Waals surface area contributed by atoms with Crippen LogP contribution in [0, 0.1) is 0 Å². The fourth-order valence-electron chi connectivity index (χ4n) is 2.26. The molecule has 0 aliphatic carbocycles. The van der Waals surface area contributed by atoms with Crippen LogP contribution in [0.4, 0.5) is 5.69 Å². The monoisotopic (exact) mass is 342 g/mol. The topological polar surface area (TPSA) is 76.7 Å². The van der Waals surface area contributed by atoms with Crippen molar-refractivity contribution < 1.29 is 19.1 Å². The third kappa shape index (κ3) is 4.73. The van der Waals surface area contributed by atoms with Crippen molar-refractivity contribution in [2.24, 2.45) is 0 Å². The molecule has 0 bridgehead atoms. The van der Waals surface area contributed by atoms with Crippen LogP contribution in [-0.2, 0) is 0 Å². The Hall–Kier alpha value is -3.02. The Morgan fingerprint density at radius 1 is 0.920 bits per heavy atom. The molecule has 0 atom stereocenters. The van der Waals surface area contributed by atoms with Gasteiger partial charge in [0, 0.05) is 29.4 Å². The van der Waals surface area contributed by atoms with Crippen LogP contribution in [0.5, 0.6) is 11.5 Å². The van der Waals surface area contributed by atoms with Gasteiger partial charge in [-0.3, -0.25) is 9.59 Å². The van der Waals surface area contributed by atoms with E-state index in [1.807, 2.05) is 6.92 Å². The van der Waals surface area contributed by atoms with Gasteiger partial charge in [-0.15, -0.1) is 0 Å². The fourth-order valence-corrected chi connectivity index (χ4v) is 2.26. The van der Waals surface area contributed by atoms with Gasteiger partial charge in [0.1, 0.15) is 0 Å². The first-order chi connectivity index (χ1) is 12.1. The highest BCUT2D eigenvalue weighted by Gasteiger charge is 2.12. The molecule has 0 spiro atoms. The molecule has 0 radical (unpaired) electrons. The van der Waals surface area contributed by atoms with E-state index in [1.54, 1.807) is 49.6 Å². The fraction of sp³-hybridized carbons (Fsp3) is 0.263. The molecule has 2 aromatic carbocycles. The lowest BCUT2D eigenvalue weighted by Crippen LogP contribution is -2.24. The molecule has 2 amide bonds. The number of ether oxygens (including phenoxy) is 2. The number of carbonyl (C=O) groups excluding carboxylic acids is 2. The maximum atomic E-state index is 12.4. The van der Waals surface area contributed by atoms with Gasteiger partial charge in [0.15, 0.2) is 11.5 Å². The number of hydrogen-bond acceptors (Lipinski definition) is 4. The van der Waals surface area contributed by atoms with Crippen LogP contribution in [0.3, 0.4) is 0 Å². The average Bonchev–Trinajstić information content (AvgIpc) is 2.65. The molecule has 2 rings (SSSR count). The van der Waals surface area contributed by atoms with E-state index in [2.05, 4.69) is 10.6 Å². The lowest BCUT2D eigenvalue weighted by atomic mass is 10.1. The van der Waals surface area contributed by atoms with Crippen LogP contribution in [0.1, 0.15) is 34.1 Å². The number of methoxy groups -OCH3 is 2. The summed E-state index contributed by atoms with van der Waals surface area (Å²) in [4.78, 5) is 24.5. The highest BCUT2D eigenvalue weighted by molar-refractivity contribution is 6.06. The molecule has 0 unspecified atom stereocenters. The second kappa shape index (κ2) is 8.73. The summed E-state index contributed by atoms with van der Waals surface area (Å²) in [5, 5.41) is 5.58. The Kier molecular flexibility index (Phi) is 6.39. The van der Waals surface area contributed by atoms with Crippen molar-refractivity contribution in [2.75, 3.05) is 26.1 Å². The van der Waals surface area contributed by atoms with E-state index in [0.29, 0.717) is 34.9 Å². The van der Waals surface area contributed by atoms with Crippen molar-refractivity contribution in [3.63, 3.8) is 0 Å². The Bertz CT molecular complexity index is 759. The summed E-state index contributed by atoms with van der Waals surface area (Å²) >= 11 is 0. The Labute approximate surface area is 147 Å². The van der Waals surface area contributed by atoms with E-state index in [9.17, 15) is 9.59 Å². The minimum atomic E-state index is -0.308. The van der Waals surface area contributed by atoms with E-state index >= 15 is 0 Å². The number of nitrogens with one attached hydrogen (secondary N) is 2. The van der Waals surface area contributed by atoms with Crippen LogP contribution >= 0.6 is 0 Å². The van der Waals surface area contributed by atoms with Crippen LogP contribution < -0.4 is 20.1 Å². The normalized spacial score (nSPS) is 10.0. The number of rotatable bonds is 7. The zero-order valence-electron chi connectivity index (χ0n) is 14.6. The van der Waals surface area contributed by atoms with E-state index in [1.165, 1.54) is 7.11 Å². The average molecular weight is 342 g/mol. The van der Waals surface area contributed by atoms with Gasteiger partial charge < -0.3 is 20.1 Å². The van der Waals surface area contributed by atoms with Crippen molar-refractivity contribution in [3.8, 4) is 11.5 Å². The zero-order chi connectivity index (χ0) is 18.2. The number of benzene rings is 2. The van der Waals surface area contributed by atoms with Crippen molar-refractivity contribution in [2.45, 2.75) is 13.3 Å². The summed E-state index contributed by atoms with van der Waals surface area (Å²) in [5.41, 5.74) is 1.43. The summed E-state index contributed by atoms with van der Waals surface area (Å²) in [7, 11) is 3.08. The standard InChI is InChI=1S/C19H22N2O4/c1-4-10-20-18(22)13-6-5-7-14(11-13)19(23)21-15-8-9-16(24-2)17(12-15)25-3/h5-9,11-12H,4,10H2,1-3H3,(H,20,22)(H,21,23). The maximum Gasteiger partial charge on any atom is 0.255 e. The molecule has 0 fully saturated rings. The lowest BCUT2D eigenvalue weighted by molar-refractivity contribution is 0.0953. The quantitative estimate of drug-likeness (QED) is 0.811. The summed E-state index contributed by atoms with van der Waals surface area (Å²) in [6.07, 6.45) is 0.852. The molecule has 0 saturated heterocycles. The minimum absolute atomic E-state index is 0.192. The predicted molar refractivity (Wildman–Crippen MR) is 96.6 cm³/mol. The van der Waals surface area contributed by atoms with Crippen molar-refractivity contribution in [1.29, 1.82) is 0 Å². The maximum absolute atomic E-state index is 12.4. The summed E-state index contributed by atoms with van der Waals surface area (Å²) in [6, 6.07) is 11.7. The van der Waals surface area contributed by atoms with Gasteiger partial charge in [0.05, 0.1) is 14.2 Å². The van der Waals surface area contributed by atoms with Crippen LogP contribution in [0.15, 0.2) is 42.5 Å². The second-order valence-electron chi connectivity index (χ2n) is 5.36. The molecule has 0 aromatic heterocycles. The van der Waals surface area contributed by atoms with Crippen molar-refractivity contribution in [1.82, 2.24) is 5.32 Å². The minimum Gasteiger partial charge on any atom is -0.493 e. The molecule has 2 N–H and O–H groups in total. The van der Waals surface area contributed by atoms with Crippen molar-refractivity contribution in [3.05, 3.63) is 53.6 Å². The van der Waals surface area contributed by atoms with E-state index in [4.69, 9.17) is 9.47 Å². The number of anilines is 1. The van der Waals surface area contributed by atoms with Gasteiger partial charge >= 0.3 is 0 Å². The van der Waals surface area contributed by atoms with Gasteiger partial charge in [-0.05, 0) is 36.8 Å². The molecule has 0 aliphatic rings. The Balaban J connectivity index is 2.14. The Morgan fingerprint density at radius 3 is 2.24 bits per heavy atom. The SMILES string of the molecule is CCCNC(=O)c1cccc(C(=O)Nc2ccc(OC)c(OC)c2)c1. The second-order valence-corrected chi connectivity index (χ2v) is 5.36. The van der Waals surface area contributed by atoms with Gasteiger partial charge in [-0.2, -0.15) is 0 Å². The number of hydrogen-bond donors (Lipinski definition) is 2. The van der Waals surface area contributed by atoms with Gasteiger partial charge in [-0.25, -0.2) is 0 Å². The highest BCUT2D eigenvalue weighted by atomic mass is 16.5. The molecule has 0 heterocycles. The first-order valence-corrected chi connectivity index (χ1v) is 8.00. The van der Waals surface area contributed by atoms with Crippen LogP contribution in [0.2, 0.25) is 0 Å². The summed E-state index contributed by atoms with van der Waals surface area (Å²) in [5.74, 6) is 0.600. The van der Waals surface area contributed by atoms with Gasteiger partial charge in [0.2, 0.25) is 0 Å². The highest BCUT2D eigenvalue weighted by Crippen LogP contribution is 2.29. The molecular formula is C19H22N2O4. The Morgan fingerprint density at radius 2 is 1.60 bits per heavy atom. The van der Waals surface area contributed by atoms with Crippen LogP contribution in [0.25, 0.3) is 0 Å². The first-order valence-electron chi connectivity index (χ1n) is 8.00. The largest absolute Gasteiger partial charge is 0.493 e. The molecule has 25 heavy (non-hydrogen) atoms. The molecule has 0 aliphatic heterocycles. The third-order valence-electron chi connectivity index (χ3n) is 3.56. The van der Waals surface area contributed by atoms with Gasteiger partial charge in [0.25, 0.3) is 11.8 Å². The van der Waals surface area contributed by atoms with E-state index in [0.717, 1.165) is 6.42 Å². The molecule has 132 valence electrons. The number of carbonyl (C=O) groups is 2. The molecule has 6 heteroatoms. The smallest absolute Gasteiger partial charge is 0.255 e. The van der Waals surface area contributed by atoms with E-state index in [-0.39, 0.29) is 11.8 Å². The van der Waals surface area contributed by atoms with Crippen LogP contribution in [-0.4, -0.2) is 32.6 Å². The zero-order valence-corrected chi connectivity index (χ0v) is 14.6.